The third kappa shape index (κ3) is 4.74. The van der Waals surface area contributed by atoms with Crippen LogP contribution in [0.2, 0.25) is 0 Å². The van der Waals surface area contributed by atoms with Gasteiger partial charge in [0.2, 0.25) is 0 Å². The average Bonchev–Trinajstić information content (AvgIpc) is 2.88. The molecule has 1 fully saturated rings. The number of likely N-dealkylation sites (tertiary alicyclic amines) is 1. The Bertz CT molecular complexity index is 656. The summed E-state index contributed by atoms with van der Waals surface area (Å²) < 4.78 is 16.0. The van der Waals surface area contributed by atoms with Gasteiger partial charge in [-0.25, -0.2) is 14.6 Å². The number of hydrogen-bond donors (Lipinski definition) is 1. The molecule has 0 radical (unpaired) electrons. The molecular formula is C17H25N3O5. The van der Waals surface area contributed by atoms with E-state index < -0.39 is 11.6 Å². The van der Waals surface area contributed by atoms with Gasteiger partial charge in [-0.1, -0.05) is 6.92 Å². The van der Waals surface area contributed by atoms with E-state index in [2.05, 4.69) is 9.72 Å². The molecule has 0 aliphatic carbocycles. The first kappa shape index (κ1) is 18.8. The first-order valence-corrected chi connectivity index (χ1v) is 8.09. The van der Waals surface area contributed by atoms with E-state index >= 15 is 0 Å². The van der Waals surface area contributed by atoms with E-state index in [4.69, 9.17) is 15.2 Å². The van der Waals surface area contributed by atoms with Gasteiger partial charge in [-0.3, -0.25) is 0 Å². The molecule has 2 rings (SSSR count). The maximum Gasteiger partial charge on any atom is 0.410 e. The Balaban J connectivity index is 2.08. The maximum absolute atomic E-state index is 12.2. The van der Waals surface area contributed by atoms with Gasteiger partial charge in [0.25, 0.3) is 0 Å². The van der Waals surface area contributed by atoms with Crippen LogP contribution in [-0.4, -0.2) is 53.9 Å². The topological polar surface area (TPSA) is 104 Å². The first-order chi connectivity index (χ1) is 11.6. The Morgan fingerprint density at radius 2 is 2.00 bits per heavy atom. The quantitative estimate of drug-likeness (QED) is 0.831. The van der Waals surface area contributed by atoms with E-state index in [1.807, 2.05) is 27.7 Å². The number of nitrogens with zero attached hydrogens (tertiary/aromatic N) is 2. The van der Waals surface area contributed by atoms with E-state index in [1.165, 1.54) is 19.4 Å². The minimum absolute atomic E-state index is 0.0775. The highest BCUT2D eigenvalue weighted by Crippen LogP contribution is 2.28. The Hall–Kier alpha value is -2.51. The van der Waals surface area contributed by atoms with Crippen molar-refractivity contribution in [2.45, 2.75) is 39.4 Å². The Labute approximate surface area is 147 Å². The van der Waals surface area contributed by atoms with Gasteiger partial charge in [0.05, 0.1) is 19.2 Å². The SMILES string of the molecule is COC(=O)c1cnc(N)c(O[C@H]2CN(C(=O)OC(C)(C)C)C[C@@H]2C)c1. The van der Waals surface area contributed by atoms with Crippen molar-refractivity contribution in [3.63, 3.8) is 0 Å². The van der Waals surface area contributed by atoms with Crippen LogP contribution in [0.5, 0.6) is 5.75 Å². The molecule has 25 heavy (non-hydrogen) atoms. The highest BCUT2D eigenvalue weighted by Gasteiger charge is 2.36. The van der Waals surface area contributed by atoms with Crippen molar-refractivity contribution >= 4 is 17.9 Å². The molecule has 1 aromatic heterocycles. The molecule has 0 spiro atoms. The maximum atomic E-state index is 12.2. The van der Waals surface area contributed by atoms with Crippen LogP contribution in [0.15, 0.2) is 12.3 Å². The van der Waals surface area contributed by atoms with Crippen molar-refractivity contribution in [2.75, 3.05) is 25.9 Å². The standard InChI is InChI=1S/C17H25N3O5/c1-10-8-20(16(22)25-17(2,3)4)9-13(10)24-12-6-11(15(21)23-5)7-19-14(12)18/h6-7,10,13H,8-9H2,1-5H3,(H2,18,19)/t10-,13-/m0/s1. The normalized spacial score (nSPS) is 20.3. The van der Waals surface area contributed by atoms with Gasteiger partial charge in [0.1, 0.15) is 11.7 Å². The number of hydrogen-bond acceptors (Lipinski definition) is 7. The van der Waals surface area contributed by atoms with Gasteiger partial charge in [-0.05, 0) is 20.8 Å². The lowest BCUT2D eigenvalue weighted by Crippen LogP contribution is -2.36. The lowest BCUT2D eigenvalue weighted by atomic mass is 10.1. The number of nitrogens with two attached hydrogens (primary N) is 1. The largest absolute Gasteiger partial charge is 0.484 e. The molecule has 1 amide bonds. The molecule has 2 heterocycles. The van der Waals surface area contributed by atoms with E-state index in [0.29, 0.717) is 18.8 Å². The smallest absolute Gasteiger partial charge is 0.410 e. The summed E-state index contributed by atoms with van der Waals surface area (Å²) in [6, 6.07) is 1.50. The Kier molecular flexibility index (Phi) is 5.39. The van der Waals surface area contributed by atoms with Crippen LogP contribution in [0.3, 0.4) is 0 Å². The van der Waals surface area contributed by atoms with Crippen molar-refractivity contribution < 1.29 is 23.8 Å². The predicted molar refractivity (Wildman–Crippen MR) is 91.4 cm³/mol. The molecule has 1 aliphatic heterocycles. The van der Waals surface area contributed by atoms with E-state index in [9.17, 15) is 9.59 Å². The second-order valence-corrected chi connectivity index (χ2v) is 7.12. The molecule has 1 aliphatic rings. The van der Waals surface area contributed by atoms with Gasteiger partial charge < -0.3 is 24.8 Å². The summed E-state index contributed by atoms with van der Waals surface area (Å²) in [5.74, 6) is 0.0299. The minimum atomic E-state index is -0.553. The lowest BCUT2D eigenvalue weighted by Gasteiger charge is -2.24. The monoisotopic (exact) mass is 351 g/mol. The second kappa shape index (κ2) is 7.16. The molecule has 8 heteroatoms. The number of pyridine rings is 1. The number of carbonyl (C=O) groups is 2. The van der Waals surface area contributed by atoms with Crippen molar-refractivity contribution in [1.29, 1.82) is 0 Å². The summed E-state index contributed by atoms with van der Waals surface area (Å²) in [5.41, 5.74) is 5.54. The van der Waals surface area contributed by atoms with E-state index in [-0.39, 0.29) is 29.5 Å². The zero-order valence-corrected chi connectivity index (χ0v) is 15.2. The van der Waals surface area contributed by atoms with Crippen LogP contribution in [0.25, 0.3) is 0 Å². The molecule has 8 nitrogen and oxygen atoms in total. The van der Waals surface area contributed by atoms with Crippen LogP contribution in [-0.2, 0) is 9.47 Å². The number of amides is 1. The number of esters is 1. The predicted octanol–water partition coefficient (Wildman–Crippen LogP) is 2.08. The fraction of sp³-hybridized carbons (Fsp3) is 0.588. The van der Waals surface area contributed by atoms with Gasteiger partial charge in [0.15, 0.2) is 11.6 Å². The van der Waals surface area contributed by atoms with Gasteiger partial charge in [0, 0.05) is 24.7 Å². The van der Waals surface area contributed by atoms with Crippen LogP contribution in [0.4, 0.5) is 10.6 Å². The fourth-order valence-electron chi connectivity index (χ4n) is 2.51. The highest BCUT2D eigenvalue weighted by atomic mass is 16.6. The van der Waals surface area contributed by atoms with Crippen molar-refractivity contribution in [1.82, 2.24) is 9.88 Å². The summed E-state index contributed by atoms with van der Waals surface area (Å²) >= 11 is 0. The highest BCUT2D eigenvalue weighted by molar-refractivity contribution is 5.89. The van der Waals surface area contributed by atoms with Gasteiger partial charge in [-0.2, -0.15) is 0 Å². The minimum Gasteiger partial charge on any atom is -0.484 e. The summed E-state index contributed by atoms with van der Waals surface area (Å²) in [4.78, 5) is 29.4. The number of rotatable bonds is 3. The number of carbonyl (C=O) groups excluding carboxylic acids is 2. The molecule has 2 atom stereocenters. The van der Waals surface area contributed by atoms with Crippen molar-refractivity contribution in [3.8, 4) is 5.75 Å². The number of ether oxygens (including phenoxy) is 3. The summed E-state index contributed by atoms with van der Waals surface area (Å²) in [5, 5.41) is 0. The molecule has 0 unspecified atom stereocenters. The molecule has 2 N–H and O–H groups in total. The number of nitrogen functional groups attached to an aromatic ring is 1. The Morgan fingerprint density at radius 1 is 1.32 bits per heavy atom. The summed E-state index contributed by atoms with van der Waals surface area (Å²) in [6.45, 7) is 8.33. The first-order valence-electron chi connectivity index (χ1n) is 8.09. The molecule has 0 aromatic carbocycles. The fourth-order valence-corrected chi connectivity index (χ4v) is 2.51. The third-order valence-electron chi connectivity index (χ3n) is 3.78. The molecule has 1 saturated heterocycles. The third-order valence-corrected chi connectivity index (χ3v) is 3.78. The number of aromatic nitrogens is 1. The van der Waals surface area contributed by atoms with Crippen LogP contribution < -0.4 is 10.5 Å². The summed E-state index contributed by atoms with van der Waals surface area (Å²) in [7, 11) is 1.29. The molecule has 138 valence electrons. The van der Waals surface area contributed by atoms with Gasteiger partial charge in [-0.15, -0.1) is 0 Å². The van der Waals surface area contributed by atoms with Crippen LogP contribution in [0, 0.1) is 5.92 Å². The molecule has 1 aromatic rings. The van der Waals surface area contributed by atoms with Crippen LogP contribution in [0.1, 0.15) is 38.1 Å². The van der Waals surface area contributed by atoms with Gasteiger partial charge >= 0.3 is 12.1 Å². The zero-order chi connectivity index (χ0) is 18.8. The van der Waals surface area contributed by atoms with E-state index in [1.54, 1.807) is 4.90 Å². The number of methoxy groups -OCH3 is 1. The second-order valence-electron chi connectivity index (χ2n) is 7.12. The summed E-state index contributed by atoms with van der Waals surface area (Å²) in [6.07, 6.45) is 0.684. The van der Waals surface area contributed by atoms with Crippen molar-refractivity contribution in [2.24, 2.45) is 5.92 Å². The van der Waals surface area contributed by atoms with Crippen LogP contribution >= 0.6 is 0 Å². The molecule has 0 bridgehead atoms. The average molecular weight is 351 g/mol. The lowest BCUT2D eigenvalue weighted by molar-refractivity contribution is 0.0275. The number of anilines is 1. The Morgan fingerprint density at radius 3 is 2.60 bits per heavy atom. The molecule has 0 saturated carbocycles. The van der Waals surface area contributed by atoms with Crippen molar-refractivity contribution in [3.05, 3.63) is 17.8 Å². The molecular weight excluding hydrogens is 326 g/mol. The zero-order valence-electron chi connectivity index (χ0n) is 15.2. The van der Waals surface area contributed by atoms with E-state index in [0.717, 1.165) is 0 Å².